The number of halogens is 2. The van der Waals surface area contributed by atoms with Gasteiger partial charge in [-0.05, 0) is 19.9 Å². The molecule has 0 aliphatic carbocycles. The minimum Gasteiger partial charge on any atom is -0.384 e. The molecule has 18 heavy (non-hydrogen) atoms. The molecule has 2 rings (SSSR count). The predicted octanol–water partition coefficient (Wildman–Crippen LogP) is 1.83. The molecule has 0 amide bonds. The molecule has 1 aromatic carbocycles. The Morgan fingerprint density at radius 3 is 2.67 bits per heavy atom. The van der Waals surface area contributed by atoms with Crippen LogP contribution in [0.5, 0.6) is 0 Å². The molecule has 0 saturated carbocycles. The third kappa shape index (κ3) is 2.53. The van der Waals surface area contributed by atoms with E-state index < -0.39 is 17.2 Å². The molecule has 0 saturated heterocycles. The zero-order valence-corrected chi connectivity index (χ0v) is 10.1. The molecule has 0 atom stereocenters. The van der Waals surface area contributed by atoms with Crippen LogP contribution < -0.4 is 0 Å². The van der Waals surface area contributed by atoms with E-state index in [4.69, 9.17) is 0 Å². The minimum absolute atomic E-state index is 0.0622. The van der Waals surface area contributed by atoms with Gasteiger partial charge in [0, 0.05) is 5.56 Å². The fourth-order valence-corrected chi connectivity index (χ4v) is 1.50. The van der Waals surface area contributed by atoms with E-state index in [1.165, 1.54) is 23.0 Å². The molecule has 1 heterocycles. The van der Waals surface area contributed by atoms with Crippen LogP contribution in [0.2, 0.25) is 0 Å². The van der Waals surface area contributed by atoms with Crippen molar-refractivity contribution in [3.8, 4) is 0 Å². The van der Waals surface area contributed by atoms with Crippen molar-refractivity contribution >= 4 is 0 Å². The highest BCUT2D eigenvalue weighted by Crippen LogP contribution is 2.17. The number of hydrogen-bond donors (Lipinski definition) is 1. The molecule has 1 N–H and O–H groups in total. The number of aromatic nitrogens is 3. The SMILES string of the molecule is CC(C)(O)c1cn(Cc2cccc(F)c2F)nn1. The summed E-state index contributed by atoms with van der Waals surface area (Å²) in [6, 6.07) is 3.97. The summed E-state index contributed by atoms with van der Waals surface area (Å²) in [6.45, 7) is 3.21. The lowest BCUT2D eigenvalue weighted by Crippen LogP contribution is -2.15. The number of hydrogen-bond acceptors (Lipinski definition) is 3. The highest BCUT2D eigenvalue weighted by molar-refractivity contribution is 5.19. The fourth-order valence-electron chi connectivity index (χ4n) is 1.50. The highest BCUT2D eigenvalue weighted by Gasteiger charge is 2.20. The van der Waals surface area contributed by atoms with Crippen LogP contribution in [0.4, 0.5) is 8.78 Å². The summed E-state index contributed by atoms with van der Waals surface area (Å²) in [5.74, 6) is -1.78. The van der Waals surface area contributed by atoms with Crippen LogP contribution in [0.1, 0.15) is 25.1 Å². The normalized spacial score (nSPS) is 11.8. The molecule has 0 fully saturated rings. The lowest BCUT2D eigenvalue weighted by Gasteiger charge is -2.11. The standard InChI is InChI=1S/C12H13F2N3O/c1-12(2,18)10-7-17(16-15-10)6-8-4-3-5-9(13)11(8)14/h3-5,7,18H,6H2,1-2H3. The van der Waals surface area contributed by atoms with Crippen molar-refractivity contribution in [1.82, 2.24) is 15.0 Å². The third-order valence-corrected chi connectivity index (χ3v) is 2.53. The summed E-state index contributed by atoms with van der Waals surface area (Å²) >= 11 is 0. The van der Waals surface area contributed by atoms with E-state index in [1.54, 1.807) is 13.8 Å². The van der Waals surface area contributed by atoms with E-state index in [2.05, 4.69) is 10.3 Å². The molecule has 0 bridgehead atoms. The van der Waals surface area contributed by atoms with Gasteiger partial charge in [0.1, 0.15) is 11.3 Å². The van der Waals surface area contributed by atoms with E-state index in [0.717, 1.165) is 6.07 Å². The smallest absolute Gasteiger partial charge is 0.163 e. The molecule has 0 spiro atoms. The molecule has 6 heteroatoms. The minimum atomic E-state index is -1.11. The van der Waals surface area contributed by atoms with Gasteiger partial charge < -0.3 is 5.11 Å². The van der Waals surface area contributed by atoms with Gasteiger partial charge in [-0.3, -0.25) is 0 Å². The average molecular weight is 253 g/mol. The van der Waals surface area contributed by atoms with E-state index in [-0.39, 0.29) is 12.1 Å². The predicted molar refractivity (Wildman–Crippen MR) is 60.7 cm³/mol. The Morgan fingerprint density at radius 2 is 2.06 bits per heavy atom. The maximum absolute atomic E-state index is 13.4. The molecular weight excluding hydrogens is 240 g/mol. The Bertz CT molecular complexity index is 561. The van der Waals surface area contributed by atoms with Crippen molar-refractivity contribution in [3.05, 3.63) is 47.3 Å². The molecule has 2 aromatic rings. The Labute approximate surface area is 103 Å². The van der Waals surface area contributed by atoms with Gasteiger partial charge in [-0.25, -0.2) is 13.5 Å². The van der Waals surface area contributed by atoms with Gasteiger partial charge in [-0.1, -0.05) is 17.3 Å². The summed E-state index contributed by atoms with van der Waals surface area (Å²) in [6.07, 6.45) is 1.50. The fraction of sp³-hybridized carbons (Fsp3) is 0.333. The maximum atomic E-state index is 13.4. The second kappa shape index (κ2) is 4.45. The second-order valence-electron chi connectivity index (χ2n) is 4.57. The Morgan fingerprint density at radius 1 is 1.33 bits per heavy atom. The average Bonchev–Trinajstić information content (AvgIpc) is 2.73. The van der Waals surface area contributed by atoms with Crippen LogP contribution in [-0.2, 0) is 12.1 Å². The van der Waals surface area contributed by atoms with Crippen LogP contribution in [0.3, 0.4) is 0 Å². The van der Waals surface area contributed by atoms with Crippen LogP contribution in [0.25, 0.3) is 0 Å². The first kappa shape index (κ1) is 12.6. The first-order valence-electron chi connectivity index (χ1n) is 5.44. The zero-order valence-electron chi connectivity index (χ0n) is 10.1. The van der Waals surface area contributed by atoms with Gasteiger partial charge in [0.15, 0.2) is 11.6 Å². The summed E-state index contributed by atoms with van der Waals surface area (Å²) in [7, 11) is 0. The van der Waals surface area contributed by atoms with Crippen LogP contribution in [0.15, 0.2) is 24.4 Å². The van der Waals surface area contributed by atoms with Gasteiger partial charge >= 0.3 is 0 Å². The number of nitrogens with zero attached hydrogens (tertiary/aromatic N) is 3. The Hall–Kier alpha value is -1.82. The molecule has 0 radical (unpaired) electrons. The van der Waals surface area contributed by atoms with Crippen molar-refractivity contribution in [2.75, 3.05) is 0 Å². The monoisotopic (exact) mass is 253 g/mol. The quantitative estimate of drug-likeness (QED) is 0.908. The van der Waals surface area contributed by atoms with Crippen LogP contribution >= 0.6 is 0 Å². The number of benzene rings is 1. The van der Waals surface area contributed by atoms with E-state index >= 15 is 0 Å². The molecule has 0 unspecified atom stereocenters. The number of aliphatic hydroxyl groups is 1. The second-order valence-corrected chi connectivity index (χ2v) is 4.57. The molecule has 1 aromatic heterocycles. The molecular formula is C12H13F2N3O. The van der Waals surface area contributed by atoms with Crippen molar-refractivity contribution < 1.29 is 13.9 Å². The Kier molecular flexibility index (Phi) is 3.13. The van der Waals surface area contributed by atoms with Crippen molar-refractivity contribution in [1.29, 1.82) is 0 Å². The van der Waals surface area contributed by atoms with Crippen molar-refractivity contribution in [3.63, 3.8) is 0 Å². The van der Waals surface area contributed by atoms with Gasteiger partial charge in [0.05, 0.1) is 12.7 Å². The summed E-state index contributed by atoms with van der Waals surface area (Å²) < 4.78 is 27.8. The summed E-state index contributed by atoms with van der Waals surface area (Å²) in [5.41, 5.74) is -0.555. The van der Waals surface area contributed by atoms with Crippen LogP contribution in [0, 0.1) is 11.6 Å². The van der Waals surface area contributed by atoms with Crippen molar-refractivity contribution in [2.24, 2.45) is 0 Å². The summed E-state index contributed by atoms with van der Waals surface area (Å²) in [5, 5.41) is 17.3. The first-order valence-corrected chi connectivity index (χ1v) is 5.44. The molecule has 0 aliphatic rings. The number of rotatable bonds is 3. The van der Waals surface area contributed by atoms with E-state index in [0.29, 0.717) is 5.69 Å². The molecule has 0 aliphatic heterocycles. The first-order chi connectivity index (χ1) is 8.38. The zero-order chi connectivity index (χ0) is 13.3. The highest BCUT2D eigenvalue weighted by atomic mass is 19.2. The third-order valence-electron chi connectivity index (χ3n) is 2.53. The molecule has 96 valence electrons. The lowest BCUT2D eigenvalue weighted by atomic mass is 10.1. The van der Waals surface area contributed by atoms with Crippen LogP contribution in [-0.4, -0.2) is 20.1 Å². The van der Waals surface area contributed by atoms with E-state index in [9.17, 15) is 13.9 Å². The summed E-state index contributed by atoms with van der Waals surface area (Å²) in [4.78, 5) is 0. The van der Waals surface area contributed by atoms with Gasteiger partial charge in [0.2, 0.25) is 0 Å². The van der Waals surface area contributed by atoms with E-state index in [1.807, 2.05) is 0 Å². The topological polar surface area (TPSA) is 50.9 Å². The lowest BCUT2D eigenvalue weighted by molar-refractivity contribution is 0.0737. The Balaban J connectivity index is 2.24. The van der Waals surface area contributed by atoms with Gasteiger partial charge in [-0.2, -0.15) is 0 Å². The van der Waals surface area contributed by atoms with Gasteiger partial charge in [0.25, 0.3) is 0 Å². The van der Waals surface area contributed by atoms with Gasteiger partial charge in [-0.15, -0.1) is 5.10 Å². The van der Waals surface area contributed by atoms with Crippen molar-refractivity contribution in [2.45, 2.75) is 26.0 Å². The largest absolute Gasteiger partial charge is 0.384 e. The molecule has 4 nitrogen and oxygen atoms in total. The maximum Gasteiger partial charge on any atom is 0.163 e.